The van der Waals surface area contributed by atoms with Crippen LogP contribution in [0.15, 0.2) is 31.0 Å². The summed E-state index contributed by atoms with van der Waals surface area (Å²) in [6, 6.07) is 3.59. The molecule has 0 spiro atoms. The standard InChI is InChI=1S/C18H21FN8/c19-15-2-1-7-21-18(15)25-8-5-13(6-9-25)17-24-23-16(27(17)14-3-4-14)10-26-12-20-11-22-26/h1-2,7,11-14H,3-6,8-10H2. The van der Waals surface area contributed by atoms with Gasteiger partial charge in [0.1, 0.15) is 25.0 Å². The van der Waals surface area contributed by atoms with Crippen molar-refractivity contribution in [2.24, 2.45) is 0 Å². The fourth-order valence-electron chi connectivity index (χ4n) is 3.87. The highest BCUT2D eigenvalue weighted by Crippen LogP contribution is 2.40. The van der Waals surface area contributed by atoms with Crippen molar-refractivity contribution in [3.8, 4) is 0 Å². The van der Waals surface area contributed by atoms with Crippen molar-refractivity contribution in [1.82, 2.24) is 34.5 Å². The molecule has 140 valence electrons. The topological polar surface area (TPSA) is 77.6 Å². The van der Waals surface area contributed by atoms with Crippen molar-refractivity contribution in [3.63, 3.8) is 0 Å². The predicted molar refractivity (Wildman–Crippen MR) is 95.8 cm³/mol. The van der Waals surface area contributed by atoms with Gasteiger partial charge in [0.2, 0.25) is 0 Å². The van der Waals surface area contributed by atoms with Gasteiger partial charge in [0.15, 0.2) is 17.5 Å². The maximum absolute atomic E-state index is 14.0. The molecular formula is C18H21FN8. The highest BCUT2D eigenvalue weighted by Gasteiger charge is 2.34. The van der Waals surface area contributed by atoms with Crippen molar-refractivity contribution < 1.29 is 4.39 Å². The zero-order valence-electron chi connectivity index (χ0n) is 14.9. The minimum absolute atomic E-state index is 0.257. The third kappa shape index (κ3) is 3.17. The molecule has 0 atom stereocenters. The van der Waals surface area contributed by atoms with Gasteiger partial charge >= 0.3 is 0 Å². The fraction of sp³-hybridized carbons (Fsp3) is 0.500. The van der Waals surface area contributed by atoms with Crippen molar-refractivity contribution in [2.45, 2.75) is 44.2 Å². The van der Waals surface area contributed by atoms with E-state index in [2.05, 4.69) is 29.8 Å². The predicted octanol–water partition coefficient (Wildman–Crippen LogP) is 2.17. The molecule has 3 aromatic heterocycles. The van der Waals surface area contributed by atoms with E-state index in [-0.39, 0.29) is 5.82 Å². The van der Waals surface area contributed by atoms with Gasteiger partial charge in [-0.15, -0.1) is 10.2 Å². The Labute approximate surface area is 156 Å². The van der Waals surface area contributed by atoms with Crippen LogP contribution < -0.4 is 4.90 Å². The largest absolute Gasteiger partial charge is 0.354 e. The first kappa shape index (κ1) is 16.3. The molecule has 0 unspecified atom stereocenters. The molecule has 2 aliphatic rings. The van der Waals surface area contributed by atoms with E-state index < -0.39 is 0 Å². The van der Waals surface area contributed by atoms with Gasteiger partial charge in [-0.3, -0.25) is 0 Å². The molecule has 1 saturated heterocycles. The van der Waals surface area contributed by atoms with E-state index in [1.807, 2.05) is 4.90 Å². The van der Waals surface area contributed by atoms with E-state index in [1.165, 1.54) is 25.2 Å². The Hall–Kier alpha value is -2.84. The zero-order chi connectivity index (χ0) is 18.2. The second-order valence-corrected chi connectivity index (χ2v) is 7.24. The molecule has 5 rings (SSSR count). The number of hydrogen-bond acceptors (Lipinski definition) is 6. The molecule has 9 heteroatoms. The van der Waals surface area contributed by atoms with E-state index >= 15 is 0 Å². The quantitative estimate of drug-likeness (QED) is 0.687. The van der Waals surface area contributed by atoms with Crippen LogP contribution in [0.25, 0.3) is 0 Å². The number of piperidine rings is 1. The van der Waals surface area contributed by atoms with Gasteiger partial charge in [0.25, 0.3) is 0 Å². The number of hydrogen-bond donors (Lipinski definition) is 0. The number of nitrogens with zero attached hydrogens (tertiary/aromatic N) is 8. The molecule has 1 aliphatic carbocycles. The van der Waals surface area contributed by atoms with Crippen LogP contribution in [0.4, 0.5) is 10.2 Å². The molecule has 0 amide bonds. The maximum Gasteiger partial charge on any atom is 0.165 e. The Balaban J connectivity index is 1.34. The molecule has 0 aromatic carbocycles. The summed E-state index contributed by atoms with van der Waals surface area (Å²) in [5.41, 5.74) is 0. The molecule has 3 aromatic rings. The molecule has 0 bridgehead atoms. The van der Waals surface area contributed by atoms with Crippen LogP contribution >= 0.6 is 0 Å². The first-order valence-corrected chi connectivity index (χ1v) is 9.41. The highest BCUT2D eigenvalue weighted by molar-refractivity contribution is 5.40. The minimum Gasteiger partial charge on any atom is -0.354 e. The summed E-state index contributed by atoms with van der Waals surface area (Å²) in [5.74, 6) is 2.54. The summed E-state index contributed by atoms with van der Waals surface area (Å²) < 4.78 is 18.1. The molecule has 27 heavy (non-hydrogen) atoms. The Morgan fingerprint density at radius 1 is 1.11 bits per heavy atom. The summed E-state index contributed by atoms with van der Waals surface area (Å²) in [4.78, 5) is 10.2. The second kappa shape index (κ2) is 6.71. The van der Waals surface area contributed by atoms with Crippen LogP contribution in [0.1, 0.15) is 49.3 Å². The van der Waals surface area contributed by atoms with Crippen molar-refractivity contribution >= 4 is 5.82 Å². The Kier molecular flexibility index (Phi) is 4.06. The average Bonchev–Trinajstić information content (AvgIpc) is 3.24. The second-order valence-electron chi connectivity index (χ2n) is 7.24. The molecule has 1 saturated carbocycles. The minimum atomic E-state index is -0.257. The third-order valence-electron chi connectivity index (χ3n) is 5.37. The molecule has 2 fully saturated rings. The zero-order valence-corrected chi connectivity index (χ0v) is 14.9. The molecular weight excluding hydrogens is 347 g/mol. The maximum atomic E-state index is 14.0. The first-order valence-electron chi connectivity index (χ1n) is 9.41. The highest BCUT2D eigenvalue weighted by atomic mass is 19.1. The number of aromatic nitrogens is 7. The molecule has 0 N–H and O–H groups in total. The Bertz CT molecular complexity index is 909. The lowest BCUT2D eigenvalue weighted by molar-refractivity contribution is 0.454. The fourth-order valence-corrected chi connectivity index (χ4v) is 3.87. The van der Waals surface area contributed by atoms with Gasteiger partial charge in [0.05, 0.1) is 0 Å². The SMILES string of the molecule is Fc1cccnc1N1CCC(c2nnc(Cn3cncn3)n2C2CC2)CC1. The van der Waals surface area contributed by atoms with Gasteiger partial charge in [-0.1, -0.05) is 0 Å². The van der Waals surface area contributed by atoms with Crippen LogP contribution in [0.3, 0.4) is 0 Å². The number of rotatable bonds is 5. The van der Waals surface area contributed by atoms with E-state index in [4.69, 9.17) is 0 Å². The van der Waals surface area contributed by atoms with Gasteiger partial charge in [-0.05, 0) is 37.8 Å². The lowest BCUT2D eigenvalue weighted by atomic mass is 9.95. The number of pyridine rings is 1. The van der Waals surface area contributed by atoms with Crippen LogP contribution in [0.2, 0.25) is 0 Å². The van der Waals surface area contributed by atoms with Gasteiger partial charge in [-0.2, -0.15) is 5.10 Å². The lowest BCUT2D eigenvalue weighted by Crippen LogP contribution is -2.35. The summed E-state index contributed by atoms with van der Waals surface area (Å²) >= 11 is 0. The van der Waals surface area contributed by atoms with Crippen molar-refractivity contribution in [1.29, 1.82) is 0 Å². The van der Waals surface area contributed by atoms with E-state index in [0.717, 1.165) is 37.6 Å². The summed E-state index contributed by atoms with van der Waals surface area (Å²) in [6.45, 7) is 2.13. The van der Waals surface area contributed by atoms with Crippen LogP contribution in [0, 0.1) is 5.82 Å². The van der Waals surface area contributed by atoms with Gasteiger partial charge in [-0.25, -0.2) is 19.0 Å². The smallest absolute Gasteiger partial charge is 0.165 e. The van der Waals surface area contributed by atoms with E-state index in [1.54, 1.807) is 23.3 Å². The Morgan fingerprint density at radius 2 is 1.96 bits per heavy atom. The summed E-state index contributed by atoms with van der Waals surface area (Å²) in [5, 5.41) is 13.2. The van der Waals surface area contributed by atoms with Crippen LogP contribution in [-0.2, 0) is 6.54 Å². The first-order chi connectivity index (χ1) is 13.3. The van der Waals surface area contributed by atoms with E-state index in [0.29, 0.717) is 24.3 Å². The number of anilines is 1. The van der Waals surface area contributed by atoms with Gasteiger partial charge < -0.3 is 9.47 Å². The van der Waals surface area contributed by atoms with E-state index in [9.17, 15) is 4.39 Å². The lowest BCUT2D eigenvalue weighted by Gasteiger charge is -2.32. The molecule has 8 nitrogen and oxygen atoms in total. The third-order valence-corrected chi connectivity index (χ3v) is 5.37. The summed E-state index contributed by atoms with van der Waals surface area (Å²) in [6.07, 6.45) is 9.07. The molecule has 1 aliphatic heterocycles. The van der Waals surface area contributed by atoms with Crippen LogP contribution in [-0.4, -0.2) is 47.6 Å². The molecule has 0 radical (unpaired) electrons. The van der Waals surface area contributed by atoms with Gasteiger partial charge in [0, 0.05) is 31.2 Å². The van der Waals surface area contributed by atoms with Crippen LogP contribution in [0.5, 0.6) is 0 Å². The van der Waals surface area contributed by atoms with Crippen molar-refractivity contribution in [3.05, 3.63) is 48.5 Å². The number of halogens is 1. The van der Waals surface area contributed by atoms with Crippen molar-refractivity contribution in [2.75, 3.05) is 18.0 Å². The summed E-state index contributed by atoms with van der Waals surface area (Å²) in [7, 11) is 0. The average molecular weight is 368 g/mol. The molecule has 4 heterocycles. The normalized spacial score (nSPS) is 18.2. The Morgan fingerprint density at radius 3 is 2.67 bits per heavy atom. The monoisotopic (exact) mass is 368 g/mol.